The van der Waals surface area contributed by atoms with Crippen LogP contribution in [0.2, 0.25) is 0 Å². The van der Waals surface area contributed by atoms with E-state index in [1.165, 1.54) is 25.0 Å². The molecule has 1 fully saturated rings. The maximum atomic E-state index is 13.4. The standard InChI is InChI=1S/C15H22FNO4.C9H6FNO.C4H8O.C2H3.BrH.Mg/c1-3-5-9-20-15(21-10-6-4-2)13-11-12(16)7-8-14(13)17(18)19;10-8-3-6-1-2-11-9(6)7(4-8)5-12;1-2-4-5-3-1;1-2;;/h7-8,11,15H,3-6,9-10H2,1-2H3;1-5,11H;1-4H2;1H,2H2;1H;/q;;;-1;;+2/p-1. The molecule has 4 rings (SSSR count). The number of carbonyl (C=O) groups excluding carboxylic acids is 1. The maximum absolute atomic E-state index is 13.4. The Morgan fingerprint density at radius 1 is 1.05 bits per heavy atom. The van der Waals surface area contributed by atoms with Gasteiger partial charge in [0.05, 0.1) is 29.2 Å². The van der Waals surface area contributed by atoms with Crippen molar-refractivity contribution in [1.82, 2.24) is 4.98 Å². The minimum absolute atomic E-state index is 0. The first kappa shape index (κ1) is 41.9. The molecular weight excluding hydrogens is 627 g/mol. The van der Waals surface area contributed by atoms with Crippen LogP contribution in [0.25, 0.3) is 10.9 Å². The molecule has 1 aliphatic heterocycles. The number of nitro benzene ring substituents is 1. The average Bonchev–Trinajstić information content (AvgIpc) is 3.69. The van der Waals surface area contributed by atoms with Crippen LogP contribution in [0.3, 0.4) is 0 Å². The van der Waals surface area contributed by atoms with Crippen molar-refractivity contribution in [2.24, 2.45) is 0 Å². The molecule has 3 aromatic rings. The molecule has 1 aliphatic rings. The Morgan fingerprint density at radius 2 is 1.64 bits per heavy atom. The predicted octanol–water partition coefficient (Wildman–Crippen LogP) is 4.51. The van der Waals surface area contributed by atoms with E-state index in [2.05, 4.69) is 18.1 Å². The van der Waals surface area contributed by atoms with Crippen LogP contribution in [-0.4, -0.2) is 65.7 Å². The molecule has 42 heavy (non-hydrogen) atoms. The van der Waals surface area contributed by atoms with Crippen molar-refractivity contribution in [2.45, 2.75) is 58.7 Å². The number of fused-ring (bicyclic) bond motifs is 1. The molecule has 0 unspecified atom stereocenters. The Kier molecular flexibility index (Phi) is 25.2. The Bertz CT molecular complexity index is 1150. The molecule has 8 nitrogen and oxygen atoms in total. The van der Waals surface area contributed by atoms with Gasteiger partial charge in [-0.25, -0.2) is 8.78 Å². The molecular formula is C30H39BrF2MgN2O6. The van der Waals surface area contributed by atoms with Crippen molar-refractivity contribution in [3.8, 4) is 0 Å². The van der Waals surface area contributed by atoms with Gasteiger partial charge in [0.1, 0.15) is 11.6 Å². The number of hydrogen-bond donors (Lipinski definition) is 1. The molecule has 0 saturated carbocycles. The first-order valence-corrected chi connectivity index (χ1v) is 13.3. The van der Waals surface area contributed by atoms with Crippen molar-refractivity contribution >= 4 is 45.9 Å². The fourth-order valence-corrected chi connectivity index (χ4v) is 3.54. The van der Waals surface area contributed by atoms with Crippen LogP contribution in [0.4, 0.5) is 14.5 Å². The van der Waals surface area contributed by atoms with Gasteiger partial charge in [-0.2, -0.15) is 0 Å². The Labute approximate surface area is 273 Å². The van der Waals surface area contributed by atoms with E-state index in [1.807, 2.05) is 13.8 Å². The zero-order valence-corrected chi connectivity index (χ0v) is 27.3. The van der Waals surface area contributed by atoms with Gasteiger partial charge in [-0.1, -0.05) is 26.7 Å². The smallest absolute Gasteiger partial charge is 1.00 e. The van der Waals surface area contributed by atoms with Crippen molar-refractivity contribution < 1.29 is 49.7 Å². The Morgan fingerprint density at radius 3 is 2.12 bits per heavy atom. The van der Waals surface area contributed by atoms with Gasteiger partial charge in [0.2, 0.25) is 0 Å². The van der Waals surface area contributed by atoms with Gasteiger partial charge in [-0.05, 0) is 56.0 Å². The monoisotopic (exact) mass is 664 g/mol. The molecule has 228 valence electrons. The van der Waals surface area contributed by atoms with E-state index in [1.54, 1.807) is 12.3 Å². The molecule has 2 heterocycles. The van der Waals surface area contributed by atoms with E-state index in [0.717, 1.165) is 62.5 Å². The van der Waals surface area contributed by atoms with E-state index >= 15 is 0 Å². The number of nitrogens with zero attached hydrogens (tertiary/aromatic N) is 1. The molecule has 12 heteroatoms. The second-order valence-electron chi connectivity index (χ2n) is 8.62. The summed E-state index contributed by atoms with van der Waals surface area (Å²) in [5.41, 5.74) is 0.989. The summed E-state index contributed by atoms with van der Waals surface area (Å²) in [5, 5.41) is 11.8. The van der Waals surface area contributed by atoms with Crippen LogP contribution >= 0.6 is 0 Å². The summed E-state index contributed by atoms with van der Waals surface area (Å²) in [4.78, 5) is 23.9. The summed E-state index contributed by atoms with van der Waals surface area (Å²) in [7, 11) is 0. The SMILES string of the molecule is C1CCOC1.CCCCOC(OCCCC)c1cc(F)ccc1[N+](=O)[O-].O=Cc1cc(F)cc2cc[nH]c12.[Br-].[CH-]=C.[Mg+2]. The van der Waals surface area contributed by atoms with E-state index in [0.29, 0.717) is 30.6 Å². The van der Waals surface area contributed by atoms with Gasteiger partial charge in [-0.3, -0.25) is 21.5 Å². The molecule has 0 atom stereocenters. The number of nitro groups is 1. The zero-order chi connectivity index (χ0) is 29.8. The van der Waals surface area contributed by atoms with Crippen molar-refractivity contribution in [3.05, 3.63) is 88.6 Å². The summed E-state index contributed by atoms with van der Waals surface area (Å²) in [6, 6.07) is 7.65. The van der Waals surface area contributed by atoms with Gasteiger partial charge in [0.15, 0.2) is 12.6 Å². The molecule has 0 radical (unpaired) electrons. The number of hydrogen-bond acceptors (Lipinski definition) is 6. The van der Waals surface area contributed by atoms with Crippen molar-refractivity contribution in [2.75, 3.05) is 26.4 Å². The summed E-state index contributed by atoms with van der Waals surface area (Å²) >= 11 is 0. The Hall–Kier alpha value is -2.22. The summed E-state index contributed by atoms with van der Waals surface area (Å²) in [5.74, 6) is -0.928. The van der Waals surface area contributed by atoms with Crippen molar-refractivity contribution in [1.29, 1.82) is 0 Å². The summed E-state index contributed by atoms with van der Waals surface area (Å²) < 4.78 is 42.3. The number of halogens is 3. The third-order valence-corrected chi connectivity index (χ3v) is 5.58. The van der Waals surface area contributed by atoms with Gasteiger partial charge < -0.3 is 42.8 Å². The molecule has 1 aromatic heterocycles. The van der Waals surface area contributed by atoms with Crippen LogP contribution in [0.15, 0.2) is 49.2 Å². The fourth-order valence-electron chi connectivity index (χ4n) is 3.54. The van der Waals surface area contributed by atoms with E-state index in [9.17, 15) is 23.7 Å². The van der Waals surface area contributed by atoms with Crippen molar-refractivity contribution in [3.63, 3.8) is 0 Å². The van der Waals surface area contributed by atoms with E-state index in [4.69, 9.17) is 14.2 Å². The topological polar surface area (TPSA) is 104 Å². The molecule has 0 spiro atoms. The van der Waals surface area contributed by atoms with Crippen LogP contribution in [-0.2, 0) is 14.2 Å². The summed E-state index contributed by atoms with van der Waals surface area (Å²) in [6.07, 6.45) is 7.48. The van der Waals surface area contributed by atoms with Gasteiger partial charge >= 0.3 is 23.1 Å². The number of carbonyl (C=O) groups is 1. The number of aromatic nitrogens is 1. The van der Waals surface area contributed by atoms with E-state index in [-0.39, 0.29) is 57.1 Å². The minimum atomic E-state index is -0.904. The molecule has 0 aliphatic carbocycles. The fraction of sp³-hybridized carbons (Fsp3) is 0.433. The minimum Gasteiger partial charge on any atom is -1.00 e. The first-order valence-electron chi connectivity index (χ1n) is 13.3. The normalized spacial score (nSPS) is 11.5. The first-order chi connectivity index (χ1) is 19.4. The van der Waals surface area contributed by atoms with Crippen LogP contribution < -0.4 is 17.0 Å². The second-order valence-corrected chi connectivity index (χ2v) is 8.62. The molecule has 0 bridgehead atoms. The van der Waals surface area contributed by atoms with Gasteiger partial charge in [-0.15, -0.1) is 0 Å². The number of aromatic amines is 1. The molecule has 1 N–H and O–H groups in total. The van der Waals surface area contributed by atoms with Gasteiger partial charge in [0.25, 0.3) is 5.69 Å². The second kappa shape index (κ2) is 25.3. The number of H-pyrrole nitrogens is 1. The molecule has 0 amide bonds. The number of aldehydes is 1. The number of unbranched alkanes of at least 4 members (excludes halogenated alkanes) is 2. The largest absolute Gasteiger partial charge is 2.00 e. The number of ether oxygens (including phenoxy) is 3. The van der Waals surface area contributed by atoms with Crippen LogP contribution in [0.5, 0.6) is 0 Å². The maximum Gasteiger partial charge on any atom is 2.00 e. The quantitative estimate of drug-likeness (QED) is 0.0615. The number of nitrogens with one attached hydrogen (secondary N) is 1. The number of rotatable bonds is 11. The van der Waals surface area contributed by atoms with Crippen LogP contribution in [0.1, 0.15) is 74.6 Å². The predicted molar refractivity (Wildman–Crippen MR) is 157 cm³/mol. The third-order valence-electron chi connectivity index (χ3n) is 5.58. The van der Waals surface area contributed by atoms with Crippen LogP contribution in [0, 0.1) is 28.3 Å². The third kappa shape index (κ3) is 15.3. The average molecular weight is 666 g/mol. The summed E-state index contributed by atoms with van der Waals surface area (Å²) in [6.45, 7) is 13.9. The Balaban J connectivity index is 0. The van der Waals surface area contributed by atoms with E-state index < -0.39 is 17.0 Å². The molecule has 1 saturated heterocycles. The zero-order valence-electron chi connectivity index (χ0n) is 24.3. The number of benzene rings is 2. The van der Waals surface area contributed by atoms with Gasteiger partial charge in [0, 0.05) is 36.4 Å². The molecule has 2 aromatic carbocycles.